The van der Waals surface area contributed by atoms with Crippen LogP contribution in [0.3, 0.4) is 0 Å². The Hall–Kier alpha value is -2.53. The van der Waals surface area contributed by atoms with E-state index in [2.05, 4.69) is 11.3 Å². The summed E-state index contributed by atoms with van der Waals surface area (Å²) in [6.07, 6.45) is 1.39. The first-order valence-electron chi connectivity index (χ1n) is 8.77. The lowest BCUT2D eigenvalue weighted by molar-refractivity contribution is 0.0551. The highest BCUT2D eigenvalue weighted by molar-refractivity contribution is 7.92. The molecule has 2 aromatic rings. The average molecular weight is 445 g/mol. The topological polar surface area (TPSA) is 121 Å². The van der Waals surface area contributed by atoms with Crippen molar-refractivity contribution in [3.63, 3.8) is 0 Å². The Labute approximate surface area is 170 Å². The molecular weight excluding hydrogens is 420 g/mol. The number of carbonyl (C=O) groups is 1. The summed E-state index contributed by atoms with van der Waals surface area (Å²) in [5, 5.41) is 0.225. The molecule has 11 heteroatoms. The van der Waals surface area contributed by atoms with Gasteiger partial charge < -0.3 is 9.47 Å². The van der Waals surface area contributed by atoms with Crippen molar-refractivity contribution in [3.05, 3.63) is 36.0 Å². The molecule has 1 aromatic carbocycles. The fraction of sp³-hybridized carbons (Fsp3) is 0.389. The van der Waals surface area contributed by atoms with E-state index in [0.717, 1.165) is 3.97 Å². The molecule has 0 unspecified atom stereocenters. The minimum absolute atomic E-state index is 0.0264. The Kier molecular flexibility index (Phi) is 6.63. The summed E-state index contributed by atoms with van der Waals surface area (Å²) in [6.45, 7) is 7.87. The Morgan fingerprint density at radius 3 is 2.38 bits per heavy atom. The van der Waals surface area contributed by atoms with Gasteiger partial charge in [0.05, 0.1) is 35.4 Å². The van der Waals surface area contributed by atoms with Crippen LogP contribution in [0, 0.1) is 6.92 Å². The van der Waals surface area contributed by atoms with Gasteiger partial charge in [-0.2, -0.15) is 0 Å². The molecule has 1 heterocycles. The first kappa shape index (κ1) is 22.8. The lowest BCUT2D eigenvalue weighted by Crippen LogP contribution is -2.17. The number of anilines is 1. The Morgan fingerprint density at radius 2 is 1.86 bits per heavy atom. The first-order valence-corrected chi connectivity index (χ1v) is 12.0. The van der Waals surface area contributed by atoms with Gasteiger partial charge in [0.1, 0.15) is 12.4 Å². The summed E-state index contributed by atoms with van der Waals surface area (Å²) < 4.78 is 63.3. The van der Waals surface area contributed by atoms with Crippen molar-refractivity contribution in [3.8, 4) is 5.75 Å². The quantitative estimate of drug-likeness (QED) is 0.465. The zero-order valence-corrected chi connectivity index (χ0v) is 18.3. The molecule has 1 N–H and O–H groups in total. The van der Waals surface area contributed by atoms with E-state index in [1.807, 2.05) is 0 Å². The zero-order valence-electron chi connectivity index (χ0n) is 16.7. The zero-order chi connectivity index (χ0) is 22.0. The van der Waals surface area contributed by atoms with Gasteiger partial charge in [0.15, 0.2) is 0 Å². The lowest BCUT2D eigenvalue weighted by atomic mass is 10.1. The summed E-state index contributed by atoms with van der Waals surface area (Å²) in [4.78, 5) is 12.6. The van der Waals surface area contributed by atoms with Gasteiger partial charge in [-0.3, -0.25) is 4.72 Å². The van der Waals surface area contributed by atoms with Crippen molar-refractivity contribution in [2.45, 2.75) is 20.8 Å². The molecule has 0 aliphatic heterocycles. The molecule has 0 amide bonds. The molecule has 0 saturated heterocycles. The van der Waals surface area contributed by atoms with Gasteiger partial charge >= 0.3 is 5.97 Å². The van der Waals surface area contributed by atoms with Crippen LogP contribution in [0.4, 0.5) is 5.69 Å². The number of benzene rings is 1. The van der Waals surface area contributed by atoms with E-state index in [4.69, 9.17) is 9.47 Å². The Morgan fingerprint density at radius 1 is 1.21 bits per heavy atom. The summed E-state index contributed by atoms with van der Waals surface area (Å²) in [5.41, 5.74) is 0.462. The number of nitrogens with one attached hydrogen (secondary N) is 1. The Bertz CT molecular complexity index is 1160. The number of hydrogen-bond acceptors (Lipinski definition) is 7. The number of rotatable bonds is 9. The number of carbonyl (C=O) groups excluding carboxylic acids is 1. The van der Waals surface area contributed by atoms with Crippen LogP contribution < -0.4 is 9.46 Å². The van der Waals surface area contributed by atoms with Crippen molar-refractivity contribution in [1.29, 1.82) is 0 Å². The molecule has 0 atom stereocenters. The lowest BCUT2D eigenvalue weighted by Gasteiger charge is -2.13. The maximum absolute atomic E-state index is 12.7. The molecule has 0 saturated carbocycles. The molecule has 0 aliphatic carbocycles. The van der Waals surface area contributed by atoms with Crippen LogP contribution in [0.25, 0.3) is 10.9 Å². The third-order valence-electron chi connectivity index (χ3n) is 4.30. The van der Waals surface area contributed by atoms with E-state index in [0.29, 0.717) is 0 Å². The van der Waals surface area contributed by atoms with Gasteiger partial charge in [0.2, 0.25) is 20.0 Å². The number of sulfonamides is 1. The van der Waals surface area contributed by atoms with Crippen molar-refractivity contribution in [2.75, 3.05) is 29.9 Å². The Balaban J connectivity index is 2.91. The van der Waals surface area contributed by atoms with Gasteiger partial charge in [0.25, 0.3) is 0 Å². The molecular formula is C18H24N2O7S2. The normalized spacial score (nSPS) is 12.0. The van der Waals surface area contributed by atoms with E-state index in [1.54, 1.807) is 0 Å². The molecule has 0 spiro atoms. The third-order valence-corrected chi connectivity index (χ3v) is 7.34. The molecule has 0 radical (unpaired) electrons. The van der Waals surface area contributed by atoms with Gasteiger partial charge in [-0.25, -0.2) is 25.6 Å². The van der Waals surface area contributed by atoms with E-state index in [9.17, 15) is 21.6 Å². The smallest absolute Gasteiger partial charge is 0.340 e. The number of fused-ring (bicyclic) bond motifs is 1. The molecule has 0 fully saturated rings. The summed E-state index contributed by atoms with van der Waals surface area (Å²) in [5.74, 6) is -1.00. The number of methoxy groups -OCH3 is 1. The van der Waals surface area contributed by atoms with Crippen molar-refractivity contribution >= 4 is 42.6 Å². The second-order valence-electron chi connectivity index (χ2n) is 6.09. The highest BCUT2D eigenvalue weighted by atomic mass is 32.2. The van der Waals surface area contributed by atoms with Gasteiger partial charge in [-0.05, 0) is 26.8 Å². The summed E-state index contributed by atoms with van der Waals surface area (Å²) >= 11 is 0. The predicted octanol–water partition coefficient (Wildman–Crippen LogP) is 2.26. The monoisotopic (exact) mass is 444 g/mol. The molecule has 0 aliphatic rings. The molecule has 29 heavy (non-hydrogen) atoms. The largest absolute Gasteiger partial charge is 0.494 e. The van der Waals surface area contributed by atoms with Gasteiger partial charge in [0, 0.05) is 17.1 Å². The summed E-state index contributed by atoms with van der Waals surface area (Å²) in [6, 6.07) is 2.76. The number of ether oxygens (including phenoxy) is 2. The van der Waals surface area contributed by atoms with Gasteiger partial charge in [-0.15, -0.1) is 0 Å². The maximum atomic E-state index is 12.7. The molecule has 9 nitrogen and oxygen atoms in total. The number of esters is 1. The standard InChI is InChI=1S/C18H24N2O7S2/c1-6-9-27-18(21)17-12(4)20(29(24,25)8-3)15-11-16(26-5)14(10-13(15)17)19-28(22,23)7-2/h6,10-11,19H,1,7-9H2,2-5H3. The molecule has 160 valence electrons. The van der Waals surface area contributed by atoms with E-state index in [-0.39, 0.29) is 51.7 Å². The van der Waals surface area contributed by atoms with Crippen molar-refractivity contribution in [2.24, 2.45) is 0 Å². The highest BCUT2D eigenvalue weighted by Gasteiger charge is 2.28. The van der Waals surface area contributed by atoms with E-state index < -0.39 is 26.0 Å². The molecule has 2 rings (SSSR count). The minimum atomic E-state index is -3.77. The van der Waals surface area contributed by atoms with Crippen LogP contribution in [0.2, 0.25) is 0 Å². The second-order valence-corrected chi connectivity index (χ2v) is 10.2. The molecule has 1 aromatic heterocycles. The molecule has 0 bridgehead atoms. The maximum Gasteiger partial charge on any atom is 0.340 e. The predicted molar refractivity (Wildman–Crippen MR) is 112 cm³/mol. The third kappa shape index (κ3) is 4.40. The van der Waals surface area contributed by atoms with Crippen LogP contribution in [0.5, 0.6) is 5.75 Å². The van der Waals surface area contributed by atoms with Crippen LogP contribution >= 0.6 is 0 Å². The number of nitrogens with zero attached hydrogens (tertiary/aromatic N) is 1. The average Bonchev–Trinajstić information content (AvgIpc) is 2.96. The van der Waals surface area contributed by atoms with Crippen molar-refractivity contribution < 1.29 is 31.1 Å². The van der Waals surface area contributed by atoms with Gasteiger partial charge in [-0.1, -0.05) is 12.7 Å². The van der Waals surface area contributed by atoms with Crippen LogP contribution in [-0.2, 0) is 24.8 Å². The van der Waals surface area contributed by atoms with Crippen molar-refractivity contribution in [1.82, 2.24) is 3.97 Å². The minimum Gasteiger partial charge on any atom is -0.494 e. The highest BCUT2D eigenvalue weighted by Crippen LogP contribution is 2.37. The number of aromatic nitrogens is 1. The number of hydrogen-bond donors (Lipinski definition) is 1. The first-order chi connectivity index (χ1) is 13.5. The fourth-order valence-corrected chi connectivity index (χ4v) is 4.71. The second kappa shape index (κ2) is 8.46. The van der Waals surface area contributed by atoms with E-state index >= 15 is 0 Å². The SMILES string of the molecule is C=CCOC(=O)c1c(C)n(S(=O)(=O)CC)c2cc(OC)c(NS(=O)(=O)CC)cc12. The van der Waals surface area contributed by atoms with Crippen LogP contribution in [0.1, 0.15) is 29.9 Å². The van der Waals surface area contributed by atoms with Crippen LogP contribution in [0.15, 0.2) is 24.8 Å². The summed E-state index contributed by atoms with van der Waals surface area (Å²) in [7, 11) is -6.08. The van der Waals surface area contributed by atoms with Crippen LogP contribution in [-0.4, -0.2) is 52.0 Å². The fourth-order valence-electron chi connectivity index (χ4n) is 2.85. The van der Waals surface area contributed by atoms with E-state index in [1.165, 1.54) is 46.1 Å².